The van der Waals surface area contributed by atoms with Crippen LogP contribution in [0.25, 0.3) is 28.1 Å². The second kappa shape index (κ2) is 10.6. The summed E-state index contributed by atoms with van der Waals surface area (Å²) in [7, 11) is 0. The van der Waals surface area contributed by atoms with Crippen molar-refractivity contribution in [3.8, 4) is 11.1 Å². The van der Waals surface area contributed by atoms with Crippen molar-refractivity contribution in [1.29, 1.82) is 0 Å². The van der Waals surface area contributed by atoms with Crippen molar-refractivity contribution >= 4 is 22.9 Å². The molecule has 0 saturated carbocycles. The number of halogens is 1. The number of ether oxygens (including phenoxy) is 1. The average molecular weight is 440 g/mol. The van der Waals surface area contributed by atoms with Crippen LogP contribution in [0.2, 0.25) is 0 Å². The minimum atomic E-state index is -0.999. The highest BCUT2D eigenvalue weighted by Crippen LogP contribution is 2.38. The lowest BCUT2D eigenvalue weighted by Gasteiger charge is -2.15. The highest BCUT2D eigenvalue weighted by atomic mass is 19.1. The van der Waals surface area contributed by atoms with E-state index in [9.17, 15) is 19.4 Å². The van der Waals surface area contributed by atoms with Gasteiger partial charge in [-0.1, -0.05) is 36.4 Å². The van der Waals surface area contributed by atoms with Gasteiger partial charge in [0.1, 0.15) is 5.82 Å². The van der Waals surface area contributed by atoms with E-state index in [1.54, 1.807) is 25.1 Å². The quantitative estimate of drug-likeness (QED) is 0.455. The summed E-state index contributed by atoms with van der Waals surface area (Å²) in [6.45, 7) is 6.11. The van der Waals surface area contributed by atoms with Gasteiger partial charge >= 0.3 is 5.97 Å². The van der Waals surface area contributed by atoms with Crippen LogP contribution in [0.3, 0.4) is 0 Å². The Kier molecular flexibility index (Phi) is 7.83. The van der Waals surface area contributed by atoms with Gasteiger partial charge in [-0.2, -0.15) is 0 Å². The van der Waals surface area contributed by atoms with E-state index >= 15 is 0 Å². The lowest BCUT2D eigenvalue weighted by Crippen LogP contribution is -2.20. The number of rotatable bonds is 9. The third-order valence-electron chi connectivity index (χ3n) is 5.30. The van der Waals surface area contributed by atoms with Gasteiger partial charge in [-0.15, -0.1) is 0 Å². The van der Waals surface area contributed by atoms with Crippen LogP contribution in [0.5, 0.6) is 0 Å². The first kappa shape index (κ1) is 23.7. The Bertz CT molecular complexity index is 1090. The van der Waals surface area contributed by atoms with Crippen LogP contribution in [-0.2, 0) is 9.53 Å². The fraction of sp³-hybridized carbons (Fsp3) is 0.346. The van der Waals surface area contributed by atoms with Gasteiger partial charge in [0.15, 0.2) is 0 Å². The van der Waals surface area contributed by atoms with E-state index in [0.29, 0.717) is 0 Å². The molecule has 0 amide bonds. The number of aliphatic hydroxyl groups is 2. The van der Waals surface area contributed by atoms with Gasteiger partial charge in [-0.3, -0.25) is 4.79 Å². The van der Waals surface area contributed by atoms with Crippen molar-refractivity contribution in [2.75, 3.05) is 6.61 Å². The van der Waals surface area contributed by atoms with Crippen molar-refractivity contribution in [2.45, 2.75) is 51.9 Å². The molecule has 3 rings (SSSR count). The molecular formula is C26H30FNO4. The van der Waals surface area contributed by atoms with Gasteiger partial charge < -0.3 is 19.5 Å². The standard InChI is InChI=1S/C26H30FNO4/c1-4-32-25(31)16-21(30)15-20(29)13-14-24-26(18-9-11-19(27)12-10-18)22-7-5-6-8-23(22)28(24)17(2)3/h5-14,17,20-21,29-30H,4,15-16H2,1-3H3/b14-13+. The number of carbonyl (C=O) groups is 1. The fourth-order valence-electron chi connectivity index (χ4n) is 3.98. The molecule has 0 radical (unpaired) electrons. The zero-order valence-electron chi connectivity index (χ0n) is 18.7. The first-order valence-electron chi connectivity index (χ1n) is 10.9. The number of nitrogens with zero attached hydrogens (tertiary/aromatic N) is 1. The van der Waals surface area contributed by atoms with Crippen LogP contribution in [0.1, 0.15) is 45.3 Å². The first-order valence-corrected chi connectivity index (χ1v) is 10.9. The van der Waals surface area contributed by atoms with Crippen LogP contribution >= 0.6 is 0 Å². The molecular weight excluding hydrogens is 409 g/mol. The molecule has 1 heterocycles. The number of para-hydroxylation sites is 1. The molecule has 5 nitrogen and oxygen atoms in total. The normalized spacial score (nSPS) is 13.7. The molecule has 2 unspecified atom stereocenters. The lowest BCUT2D eigenvalue weighted by molar-refractivity contribution is -0.145. The van der Waals surface area contributed by atoms with Gasteiger partial charge in [0.2, 0.25) is 0 Å². The Morgan fingerprint density at radius 3 is 2.47 bits per heavy atom. The minimum absolute atomic E-state index is 0.0170. The second-order valence-electron chi connectivity index (χ2n) is 8.07. The van der Waals surface area contributed by atoms with Crippen LogP contribution in [0, 0.1) is 5.82 Å². The van der Waals surface area contributed by atoms with Crippen LogP contribution in [0.4, 0.5) is 4.39 Å². The van der Waals surface area contributed by atoms with Crippen molar-refractivity contribution in [1.82, 2.24) is 4.57 Å². The monoisotopic (exact) mass is 439 g/mol. The molecule has 0 spiro atoms. The molecule has 0 aliphatic carbocycles. The molecule has 1 aromatic heterocycles. The predicted molar refractivity (Wildman–Crippen MR) is 125 cm³/mol. The summed E-state index contributed by atoms with van der Waals surface area (Å²) in [5.74, 6) is -0.792. The van der Waals surface area contributed by atoms with Gasteiger partial charge in [0.05, 0.1) is 25.2 Å². The minimum Gasteiger partial charge on any atom is -0.466 e. The van der Waals surface area contributed by atoms with E-state index in [2.05, 4.69) is 18.4 Å². The van der Waals surface area contributed by atoms with Gasteiger partial charge in [-0.05, 0) is 50.6 Å². The summed E-state index contributed by atoms with van der Waals surface area (Å²) in [4.78, 5) is 11.5. The molecule has 2 aromatic carbocycles. The van der Waals surface area contributed by atoms with Gasteiger partial charge in [0.25, 0.3) is 0 Å². The van der Waals surface area contributed by atoms with Crippen molar-refractivity contribution in [3.63, 3.8) is 0 Å². The number of carbonyl (C=O) groups excluding carboxylic acids is 1. The number of benzene rings is 2. The van der Waals surface area contributed by atoms with E-state index in [-0.39, 0.29) is 31.3 Å². The SMILES string of the molecule is CCOC(=O)CC(O)CC(O)/C=C/c1c(-c2ccc(F)cc2)c2ccccc2n1C(C)C. The number of hydrogen-bond acceptors (Lipinski definition) is 4. The number of esters is 1. The molecule has 2 atom stereocenters. The fourth-order valence-corrected chi connectivity index (χ4v) is 3.98. The maximum atomic E-state index is 13.6. The Morgan fingerprint density at radius 1 is 1.12 bits per heavy atom. The van der Waals surface area contributed by atoms with Crippen molar-refractivity contribution in [3.05, 3.63) is 66.1 Å². The summed E-state index contributed by atoms with van der Waals surface area (Å²) in [5.41, 5.74) is 3.74. The summed E-state index contributed by atoms with van der Waals surface area (Å²) < 4.78 is 20.6. The number of aliphatic hydroxyl groups excluding tert-OH is 2. The highest BCUT2D eigenvalue weighted by Gasteiger charge is 2.19. The van der Waals surface area contributed by atoms with Gasteiger partial charge in [-0.25, -0.2) is 4.39 Å². The van der Waals surface area contributed by atoms with E-state index in [1.165, 1.54) is 12.1 Å². The Morgan fingerprint density at radius 2 is 1.81 bits per heavy atom. The van der Waals surface area contributed by atoms with E-state index < -0.39 is 18.2 Å². The summed E-state index contributed by atoms with van der Waals surface area (Å²) in [6.07, 6.45) is 1.37. The Balaban J connectivity index is 1.97. The molecule has 0 saturated heterocycles. The Labute approximate surface area is 187 Å². The zero-order valence-corrected chi connectivity index (χ0v) is 18.7. The van der Waals surface area contributed by atoms with Crippen LogP contribution in [0.15, 0.2) is 54.6 Å². The second-order valence-corrected chi connectivity index (χ2v) is 8.07. The predicted octanol–water partition coefficient (Wildman–Crippen LogP) is 5.11. The summed E-state index contributed by atoms with van der Waals surface area (Å²) in [5, 5.41) is 21.6. The molecule has 0 bridgehead atoms. The molecule has 0 fully saturated rings. The molecule has 0 aliphatic rings. The van der Waals surface area contributed by atoms with Crippen molar-refractivity contribution in [2.24, 2.45) is 0 Å². The summed E-state index contributed by atoms with van der Waals surface area (Å²) >= 11 is 0. The smallest absolute Gasteiger partial charge is 0.308 e. The molecule has 6 heteroatoms. The molecule has 3 aromatic rings. The largest absolute Gasteiger partial charge is 0.466 e. The van der Waals surface area contributed by atoms with E-state index in [4.69, 9.17) is 4.74 Å². The number of fused-ring (bicyclic) bond motifs is 1. The third-order valence-corrected chi connectivity index (χ3v) is 5.30. The van der Waals surface area contributed by atoms with E-state index in [0.717, 1.165) is 27.7 Å². The molecule has 170 valence electrons. The van der Waals surface area contributed by atoms with Gasteiger partial charge in [0, 0.05) is 34.6 Å². The van der Waals surface area contributed by atoms with E-state index in [1.807, 2.05) is 30.3 Å². The third kappa shape index (κ3) is 5.44. The van der Waals surface area contributed by atoms with Crippen molar-refractivity contribution < 1.29 is 24.1 Å². The maximum Gasteiger partial charge on any atom is 0.308 e. The average Bonchev–Trinajstić information content (AvgIpc) is 3.07. The summed E-state index contributed by atoms with van der Waals surface area (Å²) in [6, 6.07) is 14.5. The van der Waals surface area contributed by atoms with Crippen LogP contribution < -0.4 is 0 Å². The highest BCUT2D eigenvalue weighted by molar-refractivity contribution is 6.01. The molecule has 0 aliphatic heterocycles. The van der Waals surface area contributed by atoms with Crippen LogP contribution in [-0.4, -0.2) is 39.6 Å². The zero-order chi connectivity index (χ0) is 23.3. The number of aromatic nitrogens is 1. The molecule has 2 N–H and O–H groups in total. The topological polar surface area (TPSA) is 71.7 Å². The number of hydrogen-bond donors (Lipinski definition) is 2. The molecule has 32 heavy (non-hydrogen) atoms. The Hall–Kier alpha value is -2.96. The first-order chi connectivity index (χ1) is 15.3. The maximum absolute atomic E-state index is 13.6. The lowest BCUT2D eigenvalue weighted by atomic mass is 10.0.